The lowest BCUT2D eigenvalue weighted by Gasteiger charge is -2.17. The summed E-state index contributed by atoms with van der Waals surface area (Å²) in [6.45, 7) is 3.40. The second-order valence-corrected chi connectivity index (χ2v) is 8.18. The quantitative estimate of drug-likeness (QED) is 0.569. The van der Waals surface area contributed by atoms with Gasteiger partial charge in [-0.25, -0.2) is 14.4 Å². The van der Waals surface area contributed by atoms with E-state index >= 15 is 0 Å². The average molecular weight is 415 g/mol. The van der Waals surface area contributed by atoms with Crippen LogP contribution in [0.4, 0.5) is 4.39 Å². The highest BCUT2D eigenvalue weighted by Gasteiger charge is 2.14. The molecule has 0 unspecified atom stereocenters. The summed E-state index contributed by atoms with van der Waals surface area (Å²) < 4.78 is 20.1. The van der Waals surface area contributed by atoms with Crippen LogP contribution in [-0.4, -0.2) is 37.6 Å². The van der Waals surface area contributed by atoms with Crippen molar-refractivity contribution in [2.24, 2.45) is 0 Å². The standard InChI is InChI=1S/C21H22FN3O3S/c1-21(2,27)14-28-18-7-6-17(13-24-18)25-10-9-23-19(20(25)26)29-11-8-15-4-3-5-16(22)12-15/h3-7,9-10,12-13,27H,8,11,14H2,1-2H3. The van der Waals surface area contributed by atoms with Crippen LogP contribution in [0, 0.1) is 5.82 Å². The molecular formula is C21H22FN3O3S. The van der Waals surface area contributed by atoms with E-state index in [1.54, 1.807) is 44.4 Å². The lowest BCUT2D eigenvalue weighted by Crippen LogP contribution is -2.28. The molecule has 0 bridgehead atoms. The SMILES string of the molecule is CC(C)(O)COc1ccc(-n2ccnc(SCCc3cccc(F)c3)c2=O)cn1. The number of ether oxygens (including phenoxy) is 1. The molecule has 8 heteroatoms. The van der Waals surface area contributed by atoms with Crippen molar-refractivity contribution in [1.29, 1.82) is 0 Å². The minimum Gasteiger partial charge on any atom is -0.475 e. The molecule has 0 atom stereocenters. The number of pyridine rings is 1. The van der Waals surface area contributed by atoms with E-state index in [1.807, 2.05) is 6.07 Å². The summed E-state index contributed by atoms with van der Waals surface area (Å²) in [6, 6.07) is 9.78. The monoisotopic (exact) mass is 415 g/mol. The first kappa shape index (κ1) is 21.0. The molecule has 1 N–H and O–H groups in total. The van der Waals surface area contributed by atoms with E-state index in [2.05, 4.69) is 9.97 Å². The number of benzene rings is 1. The van der Waals surface area contributed by atoms with Gasteiger partial charge >= 0.3 is 0 Å². The van der Waals surface area contributed by atoms with Gasteiger partial charge in [0.1, 0.15) is 12.4 Å². The third-order valence-corrected chi connectivity index (χ3v) is 4.86. The Bertz CT molecular complexity index is 1020. The third-order valence-electron chi connectivity index (χ3n) is 3.90. The van der Waals surface area contributed by atoms with Gasteiger partial charge in [-0.2, -0.15) is 0 Å². The lowest BCUT2D eigenvalue weighted by molar-refractivity contribution is 0.0268. The predicted octanol–water partition coefficient (Wildman–Crippen LogP) is 3.25. The maximum atomic E-state index is 13.3. The van der Waals surface area contributed by atoms with E-state index in [-0.39, 0.29) is 18.0 Å². The Balaban J connectivity index is 1.67. The molecule has 0 spiro atoms. The molecule has 2 heterocycles. The van der Waals surface area contributed by atoms with Crippen molar-refractivity contribution < 1.29 is 14.2 Å². The van der Waals surface area contributed by atoms with Crippen LogP contribution in [0.3, 0.4) is 0 Å². The Kier molecular flexibility index (Phi) is 6.66. The molecule has 1 aromatic carbocycles. The highest BCUT2D eigenvalue weighted by atomic mass is 32.2. The first-order valence-electron chi connectivity index (χ1n) is 9.08. The van der Waals surface area contributed by atoms with E-state index in [1.165, 1.54) is 34.7 Å². The molecule has 0 aliphatic carbocycles. The van der Waals surface area contributed by atoms with Crippen LogP contribution in [0.1, 0.15) is 19.4 Å². The van der Waals surface area contributed by atoms with E-state index in [0.717, 1.165) is 5.56 Å². The van der Waals surface area contributed by atoms with Crippen molar-refractivity contribution in [3.8, 4) is 11.6 Å². The van der Waals surface area contributed by atoms with Gasteiger partial charge in [0.15, 0.2) is 5.03 Å². The largest absolute Gasteiger partial charge is 0.475 e. The molecule has 0 amide bonds. The van der Waals surface area contributed by atoms with Gasteiger partial charge in [0.2, 0.25) is 5.88 Å². The minimum absolute atomic E-state index is 0.112. The van der Waals surface area contributed by atoms with Gasteiger partial charge in [0.05, 0.1) is 17.5 Å². The van der Waals surface area contributed by atoms with Crippen LogP contribution in [0.25, 0.3) is 5.69 Å². The summed E-state index contributed by atoms with van der Waals surface area (Å²) in [5, 5.41) is 10.1. The van der Waals surface area contributed by atoms with E-state index in [0.29, 0.717) is 28.8 Å². The van der Waals surface area contributed by atoms with Crippen molar-refractivity contribution in [3.63, 3.8) is 0 Å². The van der Waals surface area contributed by atoms with Gasteiger partial charge in [-0.1, -0.05) is 12.1 Å². The molecule has 3 rings (SSSR count). The zero-order valence-corrected chi connectivity index (χ0v) is 17.0. The van der Waals surface area contributed by atoms with E-state index in [9.17, 15) is 14.3 Å². The maximum Gasteiger partial charge on any atom is 0.287 e. The van der Waals surface area contributed by atoms with Crippen molar-refractivity contribution in [2.45, 2.75) is 30.9 Å². The summed E-state index contributed by atoms with van der Waals surface area (Å²) >= 11 is 1.33. The molecular weight excluding hydrogens is 393 g/mol. The minimum atomic E-state index is -0.958. The van der Waals surface area contributed by atoms with Crippen molar-refractivity contribution in [3.05, 3.63) is 76.7 Å². The highest BCUT2D eigenvalue weighted by molar-refractivity contribution is 7.99. The highest BCUT2D eigenvalue weighted by Crippen LogP contribution is 2.16. The number of nitrogens with zero attached hydrogens (tertiary/aromatic N) is 3. The molecule has 0 aliphatic heterocycles. The van der Waals surface area contributed by atoms with E-state index < -0.39 is 5.60 Å². The normalized spacial score (nSPS) is 11.4. The topological polar surface area (TPSA) is 77.2 Å². The summed E-state index contributed by atoms with van der Waals surface area (Å²) in [7, 11) is 0. The van der Waals surface area contributed by atoms with Gasteiger partial charge in [0, 0.05) is 24.2 Å². The summed E-state index contributed by atoms with van der Waals surface area (Å²) in [5.41, 5.74) is 0.253. The van der Waals surface area contributed by atoms with Crippen LogP contribution in [-0.2, 0) is 6.42 Å². The predicted molar refractivity (Wildman–Crippen MR) is 110 cm³/mol. The smallest absolute Gasteiger partial charge is 0.287 e. The summed E-state index contributed by atoms with van der Waals surface area (Å²) in [4.78, 5) is 21.1. The number of aromatic nitrogens is 3. The van der Waals surface area contributed by atoms with Gasteiger partial charge in [-0.15, -0.1) is 11.8 Å². The number of hydrogen-bond donors (Lipinski definition) is 1. The molecule has 29 heavy (non-hydrogen) atoms. The molecule has 2 aromatic heterocycles. The summed E-state index contributed by atoms with van der Waals surface area (Å²) in [5.74, 6) is 0.704. The van der Waals surface area contributed by atoms with Crippen LogP contribution in [0.15, 0.2) is 64.8 Å². The number of thioether (sulfide) groups is 1. The lowest BCUT2D eigenvalue weighted by atomic mass is 10.2. The number of halogens is 1. The number of hydrogen-bond acceptors (Lipinski definition) is 6. The van der Waals surface area contributed by atoms with Crippen LogP contribution < -0.4 is 10.3 Å². The molecule has 0 radical (unpaired) electrons. The maximum absolute atomic E-state index is 13.3. The van der Waals surface area contributed by atoms with Gasteiger partial charge < -0.3 is 9.84 Å². The molecule has 152 valence electrons. The molecule has 0 fully saturated rings. The second kappa shape index (κ2) is 9.19. The van der Waals surface area contributed by atoms with Crippen LogP contribution in [0.2, 0.25) is 0 Å². The Morgan fingerprint density at radius 2 is 2.07 bits per heavy atom. The van der Waals surface area contributed by atoms with Crippen LogP contribution in [0.5, 0.6) is 5.88 Å². The molecule has 0 aliphatic rings. The number of rotatable bonds is 8. The average Bonchev–Trinajstić information content (AvgIpc) is 2.68. The Labute approximate surface area is 172 Å². The Hall–Kier alpha value is -2.71. The number of aryl methyl sites for hydroxylation is 1. The molecule has 0 saturated heterocycles. The third kappa shape index (κ3) is 6.13. The van der Waals surface area contributed by atoms with Gasteiger partial charge in [-0.3, -0.25) is 9.36 Å². The summed E-state index contributed by atoms with van der Waals surface area (Å²) in [6.07, 6.45) is 5.30. The molecule has 6 nitrogen and oxygen atoms in total. The molecule has 0 saturated carbocycles. The van der Waals surface area contributed by atoms with Crippen molar-refractivity contribution in [1.82, 2.24) is 14.5 Å². The van der Waals surface area contributed by atoms with Crippen molar-refractivity contribution >= 4 is 11.8 Å². The van der Waals surface area contributed by atoms with Crippen molar-refractivity contribution in [2.75, 3.05) is 12.4 Å². The van der Waals surface area contributed by atoms with Gasteiger partial charge in [-0.05, 0) is 44.0 Å². The zero-order chi connectivity index (χ0) is 20.9. The zero-order valence-electron chi connectivity index (χ0n) is 16.2. The second-order valence-electron chi connectivity index (χ2n) is 7.09. The first-order chi connectivity index (χ1) is 13.8. The Morgan fingerprint density at radius 1 is 1.24 bits per heavy atom. The fourth-order valence-corrected chi connectivity index (χ4v) is 3.39. The van der Waals surface area contributed by atoms with E-state index in [4.69, 9.17) is 4.74 Å². The molecule has 3 aromatic rings. The van der Waals surface area contributed by atoms with Crippen LogP contribution >= 0.6 is 11.8 Å². The number of aliphatic hydroxyl groups is 1. The van der Waals surface area contributed by atoms with Gasteiger partial charge in [0.25, 0.3) is 5.56 Å². The first-order valence-corrected chi connectivity index (χ1v) is 10.1. The Morgan fingerprint density at radius 3 is 2.76 bits per heavy atom. The fraction of sp³-hybridized carbons (Fsp3) is 0.286. The fourth-order valence-electron chi connectivity index (χ4n) is 2.50.